The number of rotatable bonds is 3. The molecule has 1 amide bonds. The monoisotopic (exact) mass is 395 g/mol. The molecule has 0 spiro atoms. The molecule has 1 N–H and O–H groups in total. The van der Waals surface area contributed by atoms with Gasteiger partial charge in [0.05, 0.1) is 19.6 Å². The van der Waals surface area contributed by atoms with E-state index < -0.39 is 5.91 Å². The van der Waals surface area contributed by atoms with Crippen molar-refractivity contribution in [3.63, 3.8) is 0 Å². The van der Waals surface area contributed by atoms with Gasteiger partial charge in [-0.3, -0.25) is 10.1 Å². The van der Waals surface area contributed by atoms with Crippen LogP contribution in [0.4, 0.5) is 5.13 Å². The van der Waals surface area contributed by atoms with E-state index in [1.807, 2.05) is 23.6 Å². The summed E-state index contributed by atoms with van der Waals surface area (Å²) in [5.41, 5.74) is 0.768. The lowest BCUT2D eigenvalue weighted by atomic mass is 10.3. The van der Waals surface area contributed by atoms with Crippen LogP contribution in [0, 0.1) is 0 Å². The second-order valence-corrected chi connectivity index (χ2v) is 7.45. The van der Waals surface area contributed by atoms with Crippen LogP contribution in [0.1, 0.15) is 10.5 Å². The second kappa shape index (κ2) is 6.18. The Morgan fingerprint density at radius 2 is 2.12 bits per heavy atom. The summed E-state index contributed by atoms with van der Waals surface area (Å²) in [6, 6.07) is 7.25. The number of amides is 1. The maximum atomic E-state index is 12.5. The van der Waals surface area contributed by atoms with Gasteiger partial charge in [0.25, 0.3) is 5.91 Å². The summed E-state index contributed by atoms with van der Waals surface area (Å²) >= 11 is 14.9. The molecule has 0 saturated heterocycles. The lowest BCUT2D eigenvalue weighted by molar-refractivity contribution is 0.102. The molecular formula is C15H7Cl2N3O2S2. The third kappa shape index (κ3) is 2.69. The van der Waals surface area contributed by atoms with Gasteiger partial charge in [0, 0.05) is 0 Å². The Hall–Kier alpha value is -1.93. The minimum Gasteiger partial charge on any atom is -0.442 e. The molecule has 4 rings (SSSR count). The van der Waals surface area contributed by atoms with E-state index in [1.54, 1.807) is 6.07 Å². The molecule has 4 aromatic rings. The van der Waals surface area contributed by atoms with Gasteiger partial charge >= 0.3 is 0 Å². The highest BCUT2D eigenvalue weighted by Gasteiger charge is 2.20. The summed E-state index contributed by atoms with van der Waals surface area (Å²) in [6.45, 7) is 0. The number of nitrogens with zero attached hydrogens (tertiary/aromatic N) is 2. The minimum atomic E-state index is -0.395. The fraction of sp³-hybridized carbons (Fsp3) is 0. The van der Waals surface area contributed by atoms with Gasteiger partial charge in [0.1, 0.15) is 5.52 Å². The number of anilines is 1. The molecule has 0 aliphatic heterocycles. The van der Waals surface area contributed by atoms with Crippen molar-refractivity contribution in [2.75, 3.05) is 5.32 Å². The van der Waals surface area contributed by atoms with E-state index in [4.69, 9.17) is 27.6 Å². The molecule has 0 aliphatic rings. The van der Waals surface area contributed by atoms with E-state index in [9.17, 15) is 4.79 Å². The molecule has 0 radical (unpaired) electrons. The molecular weight excluding hydrogens is 389 g/mol. The summed E-state index contributed by atoms with van der Waals surface area (Å²) in [5, 5.41) is 5.84. The first-order valence-corrected chi connectivity index (χ1v) is 9.12. The lowest BCUT2D eigenvalue weighted by Crippen LogP contribution is -2.13. The van der Waals surface area contributed by atoms with Crippen molar-refractivity contribution in [2.24, 2.45) is 0 Å². The van der Waals surface area contributed by atoms with E-state index >= 15 is 0 Å². The second-order valence-electron chi connectivity index (χ2n) is 4.69. The summed E-state index contributed by atoms with van der Waals surface area (Å²) in [5.74, 6) is 0.0399. The van der Waals surface area contributed by atoms with E-state index in [0.717, 1.165) is 9.58 Å². The van der Waals surface area contributed by atoms with Crippen LogP contribution in [-0.4, -0.2) is 15.9 Å². The number of hydrogen-bond acceptors (Lipinski definition) is 6. The van der Waals surface area contributed by atoms with Crippen molar-refractivity contribution >= 4 is 67.1 Å². The smallest absolute Gasteiger partial charge is 0.280 e. The highest BCUT2D eigenvalue weighted by Crippen LogP contribution is 2.35. The largest absolute Gasteiger partial charge is 0.442 e. The number of carbonyl (C=O) groups is 1. The van der Waals surface area contributed by atoms with Gasteiger partial charge in [0.15, 0.2) is 23.0 Å². The van der Waals surface area contributed by atoms with Gasteiger partial charge in [-0.05, 0) is 23.6 Å². The molecule has 1 aromatic carbocycles. The molecule has 0 unspecified atom stereocenters. The van der Waals surface area contributed by atoms with Crippen molar-refractivity contribution in [3.8, 4) is 10.6 Å². The Bertz CT molecular complexity index is 1040. The number of fused-ring (bicyclic) bond motifs is 1. The first-order chi connectivity index (χ1) is 11.6. The SMILES string of the molecule is O=C(Nc1nc2c(Cl)c(Cl)ccc2s1)c1ncoc1-c1cccs1. The predicted octanol–water partition coefficient (Wildman–Crippen LogP) is 5.57. The molecule has 3 aromatic heterocycles. The molecule has 9 heteroatoms. The van der Waals surface area contributed by atoms with Crippen molar-refractivity contribution in [2.45, 2.75) is 0 Å². The summed E-state index contributed by atoms with van der Waals surface area (Å²) in [4.78, 5) is 21.7. The quantitative estimate of drug-likeness (QED) is 0.492. The Morgan fingerprint density at radius 3 is 2.92 bits per heavy atom. The number of halogens is 2. The standard InChI is InChI=1S/C15H7Cl2N3O2S2/c16-7-3-4-8-11(10(7)17)19-15(24-8)20-14(21)12-13(22-6-18-12)9-2-1-5-23-9/h1-6H,(H,19,20,21). The fourth-order valence-corrected chi connectivity index (χ4v) is 4.14. The highest BCUT2D eigenvalue weighted by molar-refractivity contribution is 7.22. The number of thiophene rings is 1. The number of carbonyl (C=O) groups excluding carboxylic acids is 1. The zero-order valence-corrected chi connectivity index (χ0v) is 14.9. The van der Waals surface area contributed by atoms with Crippen LogP contribution in [0.5, 0.6) is 0 Å². The van der Waals surface area contributed by atoms with Gasteiger partial charge in [-0.15, -0.1) is 11.3 Å². The molecule has 120 valence electrons. The van der Waals surface area contributed by atoms with Gasteiger partial charge in [-0.2, -0.15) is 0 Å². The molecule has 5 nitrogen and oxygen atoms in total. The molecule has 0 bridgehead atoms. The number of oxazole rings is 1. The highest BCUT2D eigenvalue weighted by atomic mass is 35.5. The van der Waals surface area contributed by atoms with Crippen LogP contribution >= 0.6 is 45.9 Å². The first-order valence-electron chi connectivity index (χ1n) is 6.67. The zero-order chi connectivity index (χ0) is 16.7. The number of thiazole rings is 1. The van der Waals surface area contributed by atoms with Gasteiger partial charge in [0.2, 0.25) is 0 Å². The van der Waals surface area contributed by atoms with E-state index in [-0.39, 0.29) is 5.69 Å². The van der Waals surface area contributed by atoms with Crippen LogP contribution in [0.2, 0.25) is 10.0 Å². The van der Waals surface area contributed by atoms with Crippen LogP contribution in [0.15, 0.2) is 40.5 Å². The molecule has 24 heavy (non-hydrogen) atoms. The normalized spacial score (nSPS) is 11.1. The van der Waals surface area contributed by atoms with Crippen molar-refractivity contribution < 1.29 is 9.21 Å². The predicted molar refractivity (Wildman–Crippen MR) is 97.4 cm³/mol. The number of benzene rings is 1. The van der Waals surface area contributed by atoms with Crippen LogP contribution < -0.4 is 5.32 Å². The van der Waals surface area contributed by atoms with E-state index in [0.29, 0.717) is 26.5 Å². The maximum absolute atomic E-state index is 12.5. The molecule has 0 atom stereocenters. The van der Waals surface area contributed by atoms with Crippen molar-refractivity contribution in [1.29, 1.82) is 0 Å². The summed E-state index contributed by atoms with van der Waals surface area (Å²) in [7, 11) is 0. The maximum Gasteiger partial charge on any atom is 0.280 e. The molecule has 0 saturated carbocycles. The van der Waals surface area contributed by atoms with Crippen molar-refractivity contribution in [3.05, 3.63) is 51.8 Å². The van der Waals surface area contributed by atoms with E-state index in [1.165, 1.54) is 29.1 Å². The van der Waals surface area contributed by atoms with Gasteiger partial charge in [-0.1, -0.05) is 40.6 Å². The van der Waals surface area contributed by atoms with Crippen LogP contribution in [0.25, 0.3) is 20.9 Å². The molecule has 0 aliphatic carbocycles. The Labute approximate surface area is 153 Å². The Balaban J connectivity index is 1.66. The van der Waals surface area contributed by atoms with Crippen LogP contribution in [-0.2, 0) is 0 Å². The zero-order valence-electron chi connectivity index (χ0n) is 11.7. The van der Waals surface area contributed by atoms with Gasteiger partial charge < -0.3 is 4.42 Å². The topological polar surface area (TPSA) is 68.0 Å². The third-order valence-corrected chi connectivity index (χ3v) is 5.80. The fourth-order valence-electron chi connectivity index (χ4n) is 2.14. The van der Waals surface area contributed by atoms with Crippen molar-refractivity contribution in [1.82, 2.24) is 9.97 Å². The average Bonchev–Trinajstić information content (AvgIpc) is 3.28. The number of hydrogen-bond donors (Lipinski definition) is 1. The first kappa shape index (κ1) is 15.6. The minimum absolute atomic E-state index is 0.209. The Kier molecular flexibility index (Phi) is 4.01. The lowest BCUT2D eigenvalue weighted by Gasteiger charge is -1.99. The summed E-state index contributed by atoms with van der Waals surface area (Å²) < 4.78 is 6.18. The summed E-state index contributed by atoms with van der Waals surface area (Å²) in [6.07, 6.45) is 1.25. The Morgan fingerprint density at radius 1 is 1.25 bits per heavy atom. The molecule has 0 fully saturated rings. The third-order valence-electron chi connectivity index (χ3n) is 3.20. The average molecular weight is 396 g/mol. The van der Waals surface area contributed by atoms with Crippen LogP contribution in [0.3, 0.4) is 0 Å². The number of aromatic nitrogens is 2. The van der Waals surface area contributed by atoms with E-state index in [2.05, 4.69) is 15.3 Å². The molecule has 3 heterocycles. The number of nitrogens with one attached hydrogen (secondary N) is 1. The van der Waals surface area contributed by atoms with Gasteiger partial charge in [-0.25, -0.2) is 9.97 Å².